The predicted molar refractivity (Wildman–Crippen MR) is 155 cm³/mol. The Morgan fingerprint density at radius 2 is 1.98 bits per heavy atom. The third-order valence-electron chi connectivity index (χ3n) is 7.67. The number of halogens is 2. The first-order valence-electron chi connectivity index (χ1n) is 13.8. The summed E-state index contributed by atoms with van der Waals surface area (Å²) in [5.41, 5.74) is 11.7. The number of nitrogen functional groups attached to an aromatic ring is 1. The molecular weight excluding hydrogens is 552 g/mol. The number of pyridine rings is 3. The van der Waals surface area contributed by atoms with Crippen molar-refractivity contribution in [3.8, 4) is 28.9 Å². The van der Waals surface area contributed by atoms with Crippen LogP contribution < -0.4 is 11.1 Å². The van der Waals surface area contributed by atoms with Gasteiger partial charge < -0.3 is 15.8 Å². The molecule has 1 aliphatic carbocycles. The highest BCUT2D eigenvalue weighted by Gasteiger charge is 2.26. The highest BCUT2D eigenvalue weighted by Crippen LogP contribution is 2.36. The quantitative estimate of drug-likeness (QED) is 0.288. The van der Waals surface area contributed by atoms with Gasteiger partial charge in [-0.05, 0) is 78.4 Å². The summed E-state index contributed by atoms with van der Waals surface area (Å²) in [6.07, 6.45) is 1.56. The number of nitrogens with one attached hydrogen (secondary N) is 1. The van der Waals surface area contributed by atoms with Crippen molar-refractivity contribution in [1.29, 1.82) is 0 Å². The maximum absolute atomic E-state index is 12.9. The van der Waals surface area contributed by atoms with E-state index >= 15 is 0 Å². The van der Waals surface area contributed by atoms with Gasteiger partial charge in [0.25, 0.3) is 12.3 Å². The molecule has 3 N–H and O–H groups in total. The summed E-state index contributed by atoms with van der Waals surface area (Å²) >= 11 is 0. The first kappa shape index (κ1) is 26.7. The van der Waals surface area contributed by atoms with Crippen LogP contribution in [0.2, 0.25) is 0 Å². The average Bonchev–Trinajstić information content (AvgIpc) is 3.57. The molecule has 7 rings (SSSR count). The summed E-state index contributed by atoms with van der Waals surface area (Å²) in [6.45, 7) is 1.27. The van der Waals surface area contributed by atoms with Crippen molar-refractivity contribution < 1.29 is 18.3 Å². The maximum atomic E-state index is 12.9. The molecule has 1 aromatic carbocycles. The van der Waals surface area contributed by atoms with Crippen LogP contribution in [0.25, 0.3) is 28.2 Å². The van der Waals surface area contributed by atoms with Crippen molar-refractivity contribution in [3.05, 3.63) is 95.1 Å². The number of amides is 1. The summed E-state index contributed by atoms with van der Waals surface area (Å²) in [5.74, 6) is 7.18. The molecule has 2 aliphatic rings. The average molecular weight is 578 g/mol. The monoisotopic (exact) mass is 577 g/mol. The molecule has 0 radical (unpaired) electrons. The molecule has 0 bridgehead atoms. The first-order chi connectivity index (χ1) is 20.9. The van der Waals surface area contributed by atoms with E-state index in [9.17, 15) is 13.6 Å². The number of anilines is 1. The standard InChI is InChI=1S/C32H25F2N7O2/c33-28(34)26-11-5-20(15-37-26)32(42)40-25-10-4-19-14-22(8-9-23(19)25)41-30(24-2-1-13-36-29(24)35)39-27-12-7-21(38-31(27)41)6-3-18-16-43-17-18/h1-2,5,7-9,11-15,18,25,28H,4,10,16-17H2,(H2,35,36)(H,40,42)/t25-/m0/s1. The highest BCUT2D eigenvalue weighted by molar-refractivity contribution is 5.94. The molecule has 4 aromatic heterocycles. The molecule has 1 saturated heterocycles. The van der Waals surface area contributed by atoms with Crippen molar-refractivity contribution in [2.24, 2.45) is 5.92 Å². The third kappa shape index (κ3) is 5.06. The Labute approximate surface area is 245 Å². The number of nitrogens with two attached hydrogens (primary N) is 1. The topological polar surface area (TPSA) is 121 Å². The number of fused-ring (bicyclic) bond motifs is 2. The number of carbonyl (C=O) groups is 1. The zero-order chi connectivity index (χ0) is 29.5. The predicted octanol–water partition coefficient (Wildman–Crippen LogP) is 4.81. The van der Waals surface area contributed by atoms with Gasteiger partial charge in [-0.2, -0.15) is 0 Å². The number of nitrogens with zero attached hydrogens (tertiary/aromatic N) is 5. The summed E-state index contributed by atoms with van der Waals surface area (Å²) in [5, 5.41) is 3.02. The van der Waals surface area contributed by atoms with Crippen molar-refractivity contribution in [2.75, 3.05) is 18.9 Å². The van der Waals surface area contributed by atoms with Crippen molar-refractivity contribution >= 4 is 22.9 Å². The second kappa shape index (κ2) is 10.9. The Morgan fingerprint density at radius 3 is 2.72 bits per heavy atom. The Balaban J connectivity index is 1.24. The number of ether oxygens (including phenoxy) is 1. The molecule has 0 spiro atoms. The minimum Gasteiger partial charge on any atom is -0.383 e. The summed E-state index contributed by atoms with van der Waals surface area (Å²) in [6, 6.07) is 15.8. The lowest BCUT2D eigenvalue weighted by Crippen LogP contribution is -2.27. The van der Waals surface area contributed by atoms with Gasteiger partial charge in [0.05, 0.1) is 36.3 Å². The molecule has 1 fully saturated rings. The van der Waals surface area contributed by atoms with Gasteiger partial charge in [-0.3, -0.25) is 14.3 Å². The Morgan fingerprint density at radius 1 is 1.09 bits per heavy atom. The van der Waals surface area contributed by atoms with Gasteiger partial charge in [0.2, 0.25) is 0 Å². The fourth-order valence-corrected chi connectivity index (χ4v) is 5.36. The Bertz CT molecular complexity index is 1920. The summed E-state index contributed by atoms with van der Waals surface area (Å²) < 4.78 is 32.9. The van der Waals surface area contributed by atoms with E-state index in [0.29, 0.717) is 53.7 Å². The molecule has 43 heavy (non-hydrogen) atoms. The molecule has 0 saturated carbocycles. The lowest BCUT2D eigenvalue weighted by atomic mass is 10.1. The number of imidazole rings is 1. The van der Waals surface area contributed by atoms with E-state index < -0.39 is 6.43 Å². The summed E-state index contributed by atoms with van der Waals surface area (Å²) in [7, 11) is 0. The number of carbonyl (C=O) groups excluding carboxylic acids is 1. The van der Waals surface area contributed by atoms with Crippen LogP contribution in [0.5, 0.6) is 0 Å². The SMILES string of the molecule is Nc1ncccc1-c1nc2ccc(C#CC3COC3)nc2n1-c1ccc2c(c1)CC[C@@H]2NC(=O)c1ccc(C(F)F)nc1. The second-order valence-corrected chi connectivity index (χ2v) is 10.5. The molecule has 5 aromatic rings. The number of aromatic nitrogens is 5. The third-order valence-corrected chi connectivity index (χ3v) is 7.67. The Kier molecular flexibility index (Phi) is 6.75. The van der Waals surface area contributed by atoms with E-state index in [0.717, 1.165) is 23.2 Å². The first-order valence-corrected chi connectivity index (χ1v) is 13.8. The van der Waals surface area contributed by atoms with Crippen LogP contribution in [-0.4, -0.2) is 43.6 Å². The fourth-order valence-electron chi connectivity index (χ4n) is 5.36. The van der Waals surface area contributed by atoms with Crippen molar-refractivity contribution in [1.82, 2.24) is 29.8 Å². The van der Waals surface area contributed by atoms with E-state index in [-0.39, 0.29) is 29.1 Å². The number of aryl methyl sites for hydroxylation is 1. The van der Waals surface area contributed by atoms with Crippen LogP contribution >= 0.6 is 0 Å². The number of rotatable bonds is 5. The largest absolute Gasteiger partial charge is 0.383 e. The number of hydrogen-bond acceptors (Lipinski definition) is 7. The lowest BCUT2D eigenvalue weighted by Gasteiger charge is -2.19. The van der Waals surface area contributed by atoms with Gasteiger partial charge in [-0.15, -0.1) is 0 Å². The van der Waals surface area contributed by atoms with Crippen LogP contribution in [0.4, 0.5) is 14.6 Å². The van der Waals surface area contributed by atoms with E-state index in [2.05, 4.69) is 33.2 Å². The molecule has 11 heteroatoms. The Hall–Kier alpha value is -5.21. The minimum atomic E-state index is -2.69. The number of hydrogen-bond donors (Lipinski definition) is 2. The maximum Gasteiger partial charge on any atom is 0.280 e. The van der Waals surface area contributed by atoms with Gasteiger partial charge >= 0.3 is 0 Å². The highest BCUT2D eigenvalue weighted by atomic mass is 19.3. The van der Waals surface area contributed by atoms with E-state index in [1.807, 2.05) is 41.0 Å². The molecule has 1 aliphatic heterocycles. The fraction of sp³-hybridized carbons (Fsp3) is 0.219. The molecule has 1 atom stereocenters. The zero-order valence-corrected chi connectivity index (χ0v) is 22.8. The van der Waals surface area contributed by atoms with Gasteiger partial charge in [-0.25, -0.2) is 23.7 Å². The zero-order valence-electron chi connectivity index (χ0n) is 22.8. The second-order valence-electron chi connectivity index (χ2n) is 10.5. The molecule has 9 nitrogen and oxygen atoms in total. The van der Waals surface area contributed by atoms with E-state index in [1.54, 1.807) is 6.20 Å². The number of alkyl halides is 2. The normalized spacial score (nSPS) is 16.0. The molecule has 214 valence electrons. The van der Waals surface area contributed by atoms with Crippen molar-refractivity contribution in [2.45, 2.75) is 25.3 Å². The van der Waals surface area contributed by atoms with E-state index in [1.165, 1.54) is 18.3 Å². The van der Waals surface area contributed by atoms with Crippen LogP contribution in [0.3, 0.4) is 0 Å². The van der Waals surface area contributed by atoms with Gasteiger partial charge in [-0.1, -0.05) is 12.0 Å². The smallest absolute Gasteiger partial charge is 0.280 e. The minimum absolute atomic E-state index is 0.214. The van der Waals surface area contributed by atoms with Gasteiger partial charge in [0.1, 0.15) is 22.7 Å². The molecule has 0 unspecified atom stereocenters. The van der Waals surface area contributed by atoms with Crippen molar-refractivity contribution in [3.63, 3.8) is 0 Å². The van der Waals surface area contributed by atoms with Gasteiger partial charge in [0.15, 0.2) is 11.5 Å². The van der Waals surface area contributed by atoms with Gasteiger partial charge in [0, 0.05) is 18.1 Å². The lowest BCUT2D eigenvalue weighted by molar-refractivity contribution is -0.00301. The molecule has 5 heterocycles. The van der Waals surface area contributed by atoms with Crippen LogP contribution in [-0.2, 0) is 11.2 Å². The molecule has 1 amide bonds. The van der Waals surface area contributed by atoms with E-state index in [4.69, 9.17) is 20.4 Å². The van der Waals surface area contributed by atoms with Crippen LogP contribution in [0.15, 0.2) is 67.0 Å². The molecular formula is C32H25F2N7O2. The number of benzene rings is 1. The summed E-state index contributed by atoms with van der Waals surface area (Å²) in [4.78, 5) is 30.6. The van der Waals surface area contributed by atoms with Crippen LogP contribution in [0.1, 0.15) is 51.8 Å². The van der Waals surface area contributed by atoms with Crippen LogP contribution in [0, 0.1) is 17.8 Å².